The molecule has 0 radical (unpaired) electrons. The van der Waals surface area contributed by atoms with E-state index in [0.29, 0.717) is 13.2 Å². The number of alkyl halides is 3. The number of rotatable bonds is 3. The molecule has 2 atom stereocenters. The molecule has 9 heteroatoms. The Morgan fingerprint density at radius 3 is 2.62 bits per heavy atom. The second-order valence-electron chi connectivity index (χ2n) is 6.41. The molecule has 2 fully saturated rings. The van der Waals surface area contributed by atoms with E-state index in [1.807, 2.05) is 12.1 Å². The van der Waals surface area contributed by atoms with Crippen LogP contribution in [0.25, 0.3) is 0 Å². The van der Waals surface area contributed by atoms with Crippen molar-refractivity contribution < 1.29 is 36.9 Å². The molecule has 26 heavy (non-hydrogen) atoms. The van der Waals surface area contributed by atoms with Crippen LogP contribution in [-0.4, -0.2) is 60.7 Å². The van der Waals surface area contributed by atoms with E-state index in [1.54, 1.807) is 13.2 Å². The topological polar surface area (TPSA) is 59.0 Å². The largest absolute Gasteiger partial charge is 0.490 e. The summed E-state index contributed by atoms with van der Waals surface area (Å²) in [5.74, 6) is -2.88. The minimum atomic E-state index is -5.08. The molecule has 5 nitrogen and oxygen atoms in total. The van der Waals surface area contributed by atoms with E-state index < -0.39 is 12.1 Å². The van der Waals surface area contributed by atoms with Crippen molar-refractivity contribution in [3.8, 4) is 0 Å². The molecule has 1 aromatic carbocycles. The molecule has 0 aliphatic carbocycles. The fraction of sp³-hybridized carbons (Fsp3) is 0.588. The Morgan fingerprint density at radius 1 is 1.42 bits per heavy atom. The number of hydrogen-bond donors (Lipinski definition) is 1. The zero-order chi connectivity index (χ0) is 19.4. The fourth-order valence-electron chi connectivity index (χ4n) is 3.17. The van der Waals surface area contributed by atoms with Crippen molar-refractivity contribution in [3.05, 3.63) is 35.6 Å². The average Bonchev–Trinajstić information content (AvgIpc) is 3.16. The van der Waals surface area contributed by atoms with Crippen molar-refractivity contribution in [2.45, 2.75) is 37.3 Å². The van der Waals surface area contributed by atoms with Gasteiger partial charge in [-0.25, -0.2) is 9.18 Å². The van der Waals surface area contributed by atoms with Crippen LogP contribution in [0.5, 0.6) is 0 Å². The zero-order valence-electron chi connectivity index (χ0n) is 14.3. The van der Waals surface area contributed by atoms with Crippen LogP contribution < -0.4 is 0 Å². The second-order valence-corrected chi connectivity index (χ2v) is 6.41. The minimum Gasteiger partial charge on any atom is -0.475 e. The summed E-state index contributed by atoms with van der Waals surface area (Å²) in [5.41, 5.74) is 0.701. The molecule has 1 aromatic rings. The minimum absolute atomic E-state index is 0.0636. The Kier molecular flexibility index (Phi) is 6.59. The van der Waals surface area contributed by atoms with Gasteiger partial charge in [-0.2, -0.15) is 13.2 Å². The van der Waals surface area contributed by atoms with Crippen LogP contribution in [0.4, 0.5) is 17.6 Å². The van der Waals surface area contributed by atoms with Crippen molar-refractivity contribution in [2.75, 3.05) is 26.8 Å². The number of hydrogen-bond acceptors (Lipinski definition) is 4. The number of methoxy groups -OCH3 is 1. The van der Waals surface area contributed by atoms with Gasteiger partial charge in [0.25, 0.3) is 0 Å². The lowest BCUT2D eigenvalue weighted by Gasteiger charge is -2.23. The first kappa shape index (κ1) is 20.6. The van der Waals surface area contributed by atoms with Crippen LogP contribution >= 0.6 is 0 Å². The quantitative estimate of drug-likeness (QED) is 0.819. The summed E-state index contributed by atoms with van der Waals surface area (Å²) >= 11 is 0. The average molecular weight is 379 g/mol. The number of likely N-dealkylation sites (tertiary alicyclic amines) is 1. The molecule has 2 saturated heterocycles. The maximum Gasteiger partial charge on any atom is 0.490 e. The van der Waals surface area contributed by atoms with Gasteiger partial charge in [-0.1, -0.05) is 18.2 Å². The van der Waals surface area contributed by atoms with Crippen molar-refractivity contribution in [1.29, 1.82) is 0 Å². The lowest BCUT2D eigenvalue weighted by atomic mass is 9.98. The molecular weight excluding hydrogens is 358 g/mol. The maximum absolute atomic E-state index is 13.7. The molecule has 0 bridgehead atoms. The highest BCUT2D eigenvalue weighted by Crippen LogP contribution is 2.36. The molecule has 0 amide bonds. The third-order valence-corrected chi connectivity index (χ3v) is 4.50. The monoisotopic (exact) mass is 379 g/mol. The van der Waals surface area contributed by atoms with Crippen LogP contribution in [0.2, 0.25) is 0 Å². The molecule has 3 rings (SSSR count). The molecule has 2 heterocycles. The van der Waals surface area contributed by atoms with Gasteiger partial charge in [-0.15, -0.1) is 0 Å². The smallest absolute Gasteiger partial charge is 0.475 e. The summed E-state index contributed by atoms with van der Waals surface area (Å²) in [4.78, 5) is 11.2. The van der Waals surface area contributed by atoms with Gasteiger partial charge >= 0.3 is 12.1 Å². The van der Waals surface area contributed by atoms with Gasteiger partial charge in [0.15, 0.2) is 0 Å². The molecule has 2 aliphatic heterocycles. The van der Waals surface area contributed by atoms with Gasteiger partial charge in [0.1, 0.15) is 5.82 Å². The third kappa shape index (κ3) is 5.39. The van der Waals surface area contributed by atoms with Crippen molar-refractivity contribution in [3.63, 3.8) is 0 Å². The summed E-state index contributed by atoms with van der Waals surface area (Å²) in [6.45, 7) is 3.19. The van der Waals surface area contributed by atoms with Crippen molar-refractivity contribution in [1.82, 2.24) is 4.90 Å². The summed E-state index contributed by atoms with van der Waals surface area (Å²) < 4.78 is 56.7. The number of aliphatic carboxylic acids is 1. The van der Waals surface area contributed by atoms with Crippen LogP contribution in [-0.2, 0) is 20.8 Å². The van der Waals surface area contributed by atoms with Crippen LogP contribution in [0, 0.1) is 5.82 Å². The summed E-state index contributed by atoms with van der Waals surface area (Å²) in [6.07, 6.45) is -2.90. The molecular formula is C17H21F4NO4. The highest BCUT2D eigenvalue weighted by molar-refractivity contribution is 5.73. The second kappa shape index (κ2) is 8.32. The first-order chi connectivity index (χ1) is 12.1. The van der Waals surface area contributed by atoms with E-state index in [0.717, 1.165) is 31.5 Å². The van der Waals surface area contributed by atoms with E-state index in [4.69, 9.17) is 19.4 Å². The summed E-state index contributed by atoms with van der Waals surface area (Å²) in [5, 5.41) is 7.12. The van der Waals surface area contributed by atoms with Gasteiger partial charge in [0.2, 0.25) is 0 Å². The van der Waals surface area contributed by atoms with E-state index in [1.165, 1.54) is 6.07 Å². The third-order valence-electron chi connectivity index (χ3n) is 4.50. The standard InChI is InChI=1S/C15H20FNO2.C2HF3O2/c1-18-13-8-15(19-10-13)6-7-17(11-15)9-12-4-2-3-5-14(12)16;3-2(4,5)1(6)7/h2-5,13H,6-11H2,1H3;(H,6,7). The first-order valence-corrected chi connectivity index (χ1v) is 8.08. The van der Waals surface area contributed by atoms with Gasteiger partial charge in [-0.05, 0) is 12.5 Å². The van der Waals surface area contributed by atoms with Crippen LogP contribution in [0.3, 0.4) is 0 Å². The Labute approximate surface area is 148 Å². The Morgan fingerprint density at radius 2 is 2.08 bits per heavy atom. The van der Waals surface area contributed by atoms with Gasteiger partial charge in [-0.3, -0.25) is 4.90 Å². The van der Waals surface area contributed by atoms with E-state index in [9.17, 15) is 17.6 Å². The predicted molar refractivity (Wildman–Crippen MR) is 84.1 cm³/mol. The number of halogens is 4. The van der Waals surface area contributed by atoms with E-state index in [-0.39, 0.29) is 17.5 Å². The Balaban J connectivity index is 0.000000298. The lowest BCUT2D eigenvalue weighted by molar-refractivity contribution is -0.192. The number of nitrogens with zero attached hydrogens (tertiary/aromatic N) is 1. The fourth-order valence-corrected chi connectivity index (χ4v) is 3.17. The first-order valence-electron chi connectivity index (χ1n) is 8.08. The number of carbonyl (C=O) groups is 1. The molecule has 1 spiro atoms. The van der Waals surface area contributed by atoms with Crippen LogP contribution in [0.15, 0.2) is 24.3 Å². The number of ether oxygens (including phenoxy) is 2. The van der Waals surface area contributed by atoms with Gasteiger partial charge in [0, 0.05) is 38.7 Å². The summed E-state index contributed by atoms with van der Waals surface area (Å²) in [7, 11) is 1.74. The highest BCUT2D eigenvalue weighted by Gasteiger charge is 2.45. The maximum atomic E-state index is 13.7. The number of carboxylic acids is 1. The molecule has 2 aliphatic rings. The Bertz CT molecular complexity index is 625. The normalized spacial score (nSPS) is 26.0. The van der Waals surface area contributed by atoms with Crippen LogP contribution in [0.1, 0.15) is 18.4 Å². The molecule has 2 unspecified atom stereocenters. The molecule has 1 N–H and O–H groups in total. The zero-order valence-corrected chi connectivity index (χ0v) is 14.3. The van der Waals surface area contributed by atoms with Gasteiger partial charge < -0.3 is 14.6 Å². The molecule has 146 valence electrons. The van der Waals surface area contributed by atoms with E-state index in [2.05, 4.69) is 4.90 Å². The number of carboxylic acid groups (broad SMARTS) is 1. The SMILES string of the molecule is COC1COC2(CCN(Cc3ccccc3F)C2)C1.O=C(O)C(F)(F)F. The Hall–Kier alpha value is -1.71. The van der Waals surface area contributed by atoms with Gasteiger partial charge in [0.05, 0.1) is 18.3 Å². The predicted octanol–water partition coefficient (Wildman–Crippen LogP) is 2.84. The summed E-state index contributed by atoms with van der Waals surface area (Å²) in [6, 6.07) is 6.99. The van der Waals surface area contributed by atoms with Crippen molar-refractivity contribution >= 4 is 5.97 Å². The van der Waals surface area contributed by atoms with Crippen molar-refractivity contribution in [2.24, 2.45) is 0 Å². The van der Waals surface area contributed by atoms with E-state index >= 15 is 0 Å². The molecule has 0 aromatic heterocycles. The number of benzene rings is 1. The lowest BCUT2D eigenvalue weighted by Crippen LogP contribution is -2.33. The highest BCUT2D eigenvalue weighted by atomic mass is 19.4. The molecule has 0 saturated carbocycles.